The van der Waals surface area contributed by atoms with Gasteiger partial charge in [0.25, 0.3) is 11.8 Å². The Morgan fingerprint density at radius 2 is 1.66 bits per heavy atom. The van der Waals surface area contributed by atoms with E-state index in [1.807, 2.05) is 48.7 Å². The average molecular weight is 388 g/mol. The van der Waals surface area contributed by atoms with Crippen molar-refractivity contribution in [1.82, 2.24) is 20.6 Å². The Bertz CT molecular complexity index is 1010. The molecule has 2 amide bonds. The number of hydrazine groups is 1. The number of para-hydroxylation sites is 1. The van der Waals surface area contributed by atoms with Crippen LogP contribution in [0.5, 0.6) is 0 Å². The minimum Gasteiger partial charge on any atom is -0.268 e. The van der Waals surface area contributed by atoms with Crippen LogP contribution in [-0.4, -0.2) is 21.6 Å². The molecule has 0 radical (unpaired) electrons. The van der Waals surface area contributed by atoms with Crippen molar-refractivity contribution < 1.29 is 9.59 Å². The van der Waals surface area contributed by atoms with Crippen LogP contribution in [0.2, 0.25) is 0 Å². The Morgan fingerprint density at radius 1 is 0.966 bits per heavy atom. The molecule has 0 spiro atoms. The summed E-state index contributed by atoms with van der Waals surface area (Å²) in [6, 6.07) is 17.0. The van der Waals surface area contributed by atoms with E-state index in [-0.39, 0.29) is 11.3 Å². The number of amides is 2. The smallest absolute Gasteiger partial charge is 0.268 e. The third kappa shape index (κ3) is 5.42. The highest BCUT2D eigenvalue weighted by Crippen LogP contribution is 2.22. The summed E-state index contributed by atoms with van der Waals surface area (Å²) in [4.78, 5) is 24.2. The van der Waals surface area contributed by atoms with Gasteiger partial charge in [0.15, 0.2) is 0 Å². The molecule has 1 aromatic heterocycles. The van der Waals surface area contributed by atoms with Crippen molar-refractivity contribution in [2.75, 3.05) is 0 Å². The van der Waals surface area contributed by atoms with Gasteiger partial charge in [0, 0.05) is 23.4 Å². The van der Waals surface area contributed by atoms with Crippen LogP contribution in [0.3, 0.4) is 0 Å². The molecule has 0 aliphatic carbocycles. The second kappa shape index (κ2) is 8.56. The van der Waals surface area contributed by atoms with Gasteiger partial charge in [-0.3, -0.25) is 20.4 Å². The van der Waals surface area contributed by atoms with Crippen LogP contribution in [0.1, 0.15) is 42.3 Å². The highest BCUT2D eigenvalue weighted by Gasteiger charge is 2.14. The lowest BCUT2D eigenvalue weighted by Gasteiger charge is -2.19. The molecule has 0 saturated carbocycles. The van der Waals surface area contributed by atoms with E-state index in [4.69, 9.17) is 0 Å². The second-order valence-electron chi connectivity index (χ2n) is 7.66. The Labute approximate surface area is 170 Å². The van der Waals surface area contributed by atoms with Gasteiger partial charge in [0.05, 0.1) is 11.9 Å². The number of carbonyl (C=O) groups excluding carboxylic acids is 2. The number of rotatable bonds is 4. The van der Waals surface area contributed by atoms with Crippen molar-refractivity contribution in [3.63, 3.8) is 0 Å². The van der Waals surface area contributed by atoms with Gasteiger partial charge in [-0.1, -0.05) is 51.1 Å². The highest BCUT2D eigenvalue weighted by molar-refractivity contribution is 5.97. The Hall–Kier alpha value is -3.67. The number of hydrogen-bond donors (Lipinski definition) is 2. The van der Waals surface area contributed by atoms with Gasteiger partial charge >= 0.3 is 0 Å². The van der Waals surface area contributed by atoms with Crippen LogP contribution in [-0.2, 0) is 10.2 Å². The van der Waals surface area contributed by atoms with E-state index in [0.29, 0.717) is 5.56 Å². The van der Waals surface area contributed by atoms with Gasteiger partial charge in [0.1, 0.15) is 0 Å². The Balaban J connectivity index is 1.53. The van der Waals surface area contributed by atoms with E-state index in [1.54, 1.807) is 29.1 Å². The Kier molecular flexibility index (Phi) is 5.93. The van der Waals surface area contributed by atoms with Gasteiger partial charge in [-0.25, -0.2) is 4.68 Å². The molecule has 3 aromatic rings. The predicted molar refractivity (Wildman–Crippen MR) is 113 cm³/mol. The van der Waals surface area contributed by atoms with Gasteiger partial charge < -0.3 is 0 Å². The van der Waals surface area contributed by atoms with Crippen LogP contribution in [0, 0.1) is 0 Å². The first-order valence-electron chi connectivity index (χ1n) is 9.32. The minimum atomic E-state index is -0.433. The molecule has 2 N–H and O–H groups in total. The molecule has 0 saturated heterocycles. The molecule has 1 heterocycles. The third-order valence-electron chi connectivity index (χ3n) is 4.36. The normalized spacial score (nSPS) is 11.4. The van der Waals surface area contributed by atoms with Crippen LogP contribution < -0.4 is 10.9 Å². The summed E-state index contributed by atoms with van der Waals surface area (Å²) < 4.78 is 1.72. The Morgan fingerprint density at radius 3 is 2.31 bits per heavy atom. The highest BCUT2D eigenvalue weighted by atomic mass is 16.2. The zero-order valence-electron chi connectivity index (χ0n) is 16.7. The molecular weight excluding hydrogens is 364 g/mol. The molecule has 0 bridgehead atoms. The molecule has 0 fully saturated rings. The van der Waals surface area contributed by atoms with Gasteiger partial charge in [-0.05, 0) is 41.3 Å². The second-order valence-corrected chi connectivity index (χ2v) is 7.66. The van der Waals surface area contributed by atoms with Crippen molar-refractivity contribution in [2.45, 2.75) is 26.2 Å². The predicted octanol–water partition coefficient (Wildman–Crippen LogP) is 3.64. The zero-order valence-corrected chi connectivity index (χ0v) is 16.7. The standard InChI is InChI=1S/C23H24N4O2/c1-23(2,3)19-12-10-18(11-13-19)22(29)26-25-21(28)14-9-17-15-24-27(16-17)20-7-5-4-6-8-20/h4-16H,1-3H3,(H,25,28)(H,26,29)/b14-9+. The topological polar surface area (TPSA) is 76.0 Å². The van der Waals surface area contributed by atoms with Crippen molar-refractivity contribution in [3.8, 4) is 5.69 Å². The lowest BCUT2D eigenvalue weighted by atomic mass is 9.87. The summed E-state index contributed by atoms with van der Waals surface area (Å²) in [7, 11) is 0. The largest absolute Gasteiger partial charge is 0.269 e. The maximum Gasteiger partial charge on any atom is 0.269 e. The van der Waals surface area contributed by atoms with Crippen molar-refractivity contribution in [2.24, 2.45) is 0 Å². The van der Waals surface area contributed by atoms with E-state index in [9.17, 15) is 9.59 Å². The summed E-state index contributed by atoms with van der Waals surface area (Å²) in [5, 5.41) is 4.27. The van der Waals surface area contributed by atoms with Crippen molar-refractivity contribution in [3.05, 3.63) is 89.8 Å². The quantitative estimate of drug-likeness (QED) is 0.529. The molecule has 6 nitrogen and oxygen atoms in total. The molecule has 3 rings (SSSR count). The van der Waals surface area contributed by atoms with Gasteiger partial charge in [0.2, 0.25) is 0 Å². The monoisotopic (exact) mass is 388 g/mol. The van der Waals surface area contributed by atoms with E-state index in [1.165, 1.54) is 6.08 Å². The SMILES string of the molecule is CC(C)(C)c1ccc(C(=O)NNC(=O)/C=C/c2cnn(-c3ccccc3)c2)cc1. The molecule has 0 aliphatic rings. The van der Waals surface area contributed by atoms with Crippen LogP contribution in [0.25, 0.3) is 11.8 Å². The molecule has 6 heteroatoms. The fraction of sp³-hybridized carbons (Fsp3) is 0.174. The number of hydrogen-bond acceptors (Lipinski definition) is 3. The van der Waals surface area contributed by atoms with E-state index >= 15 is 0 Å². The minimum absolute atomic E-state index is 0.0162. The lowest BCUT2D eigenvalue weighted by molar-refractivity contribution is -0.117. The fourth-order valence-electron chi connectivity index (χ4n) is 2.67. The number of aromatic nitrogens is 2. The molecule has 29 heavy (non-hydrogen) atoms. The van der Waals surface area contributed by atoms with Crippen molar-refractivity contribution in [1.29, 1.82) is 0 Å². The van der Waals surface area contributed by atoms with Crippen LogP contribution >= 0.6 is 0 Å². The van der Waals surface area contributed by atoms with Crippen molar-refractivity contribution >= 4 is 17.9 Å². The lowest BCUT2D eigenvalue weighted by Crippen LogP contribution is -2.40. The number of nitrogens with one attached hydrogen (secondary N) is 2. The molecule has 0 atom stereocenters. The summed E-state index contributed by atoms with van der Waals surface area (Å²) in [6.45, 7) is 6.33. The van der Waals surface area contributed by atoms with E-state index < -0.39 is 5.91 Å². The summed E-state index contributed by atoms with van der Waals surface area (Å²) >= 11 is 0. The first-order valence-corrected chi connectivity index (χ1v) is 9.32. The van der Waals surface area contributed by atoms with Gasteiger partial charge in [-0.15, -0.1) is 0 Å². The first-order chi connectivity index (χ1) is 13.8. The van der Waals surface area contributed by atoms with E-state index in [2.05, 4.69) is 36.7 Å². The summed E-state index contributed by atoms with van der Waals surface area (Å²) in [5.74, 6) is -0.804. The fourth-order valence-corrected chi connectivity index (χ4v) is 2.67. The zero-order chi connectivity index (χ0) is 20.9. The van der Waals surface area contributed by atoms with Crippen LogP contribution in [0.4, 0.5) is 0 Å². The summed E-state index contributed by atoms with van der Waals surface area (Å²) in [5.41, 5.74) is 8.13. The maximum absolute atomic E-state index is 12.2. The summed E-state index contributed by atoms with van der Waals surface area (Å²) in [6.07, 6.45) is 6.45. The van der Waals surface area contributed by atoms with E-state index in [0.717, 1.165) is 16.8 Å². The average Bonchev–Trinajstić information content (AvgIpc) is 3.20. The van der Waals surface area contributed by atoms with Crippen LogP contribution in [0.15, 0.2) is 73.1 Å². The molecular formula is C23H24N4O2. The molecule has 0 aliphatic heterocycles. The number of carbonyl (C=O) groups is 2. The molecule has 2 aromatic carbocycles. The molecule has 148 valence electrons. The number of nitrogens with zero attached hydrogens (tertiary/aromatic N) is 2. The van der Waals surface area contributed by atoms with Gasteiger partial charge in [-0.2, -0.15) is 5.10 Å². The molecule has 0 unspecified atom stereocenters. The third-order valence-corrected chi connectivity index (χ3v) is 4.36. The number of benzene rings is 2. The maximum atomic E-state index is 12.2. The first kappa shape index (κ1) is 20.1.